The van der Waals surface area contributed by atoms with Gasteiger partial charge in [0.25, 0.3) is 5.52 Å². The van der Waals surface area contributed by atoms with Crippen molar-refractivity contribution in [2.75, 3.05) is 32.9 Å². The third-order valence-corrected chi connectivity index (χ3v) is 5.83. The lowest BCUT2D eigenvalue weighted by Gasteiger charge is -2.19. The highest BCUT2D eigenvalue weighted by Gasteiger charge is 2.31. The Morgan fingerprint density at radius 1 is 1.29 bits per heavy atom. The third kappa shape index (κ3) is 5.08. The predicted octanol–water partition coefficient (Wildman–Crippen LogP) is 0.908. The van der Waals surface area contributed by atoms with Crippen LogP contribution >= 0.6 is 0 Å². The third-order valence-electron chi connectivity index (χ3n) is 4.21. The molecule has 1 heterocycles. The molecule has 1 amide bonds. The number of amides is 1. The van der Waals surface area contributed by atoms with E-state index >= 15 is 0 Å². The van der Waals surface area contributed by atoms with E-state index in [0.29, 0.717) is 35.1 Å². The smallest absolute Gasteiger partial charge is 0.347 e. The van der Waals surface area contributed by atoms with Gasteiger partial charge in [0.15, 0.2) is 9.84 Å². The van der Waals surface area contributed by atoms with Crippen molar-refractivity contribution < 1.29 is 17.6 Å². The summed E-state index contributed by atoms with van der Waals surface area (Å²) in [6.45, 7) is 2.72. The first-order chi connectivity index (χ1) is 13.2. The highest BCUT2D eigenvalue weighted by molar-refractivity contribution is 7.90. The topological polar surface area (TPSA) is 117 Å². The summed E-state index contributed by atoms with van der Waals surface area (Å²) >= 11 is 0. The van der Waals surface area contributed by atoms with Crippen LogP contribution in [0.2, 0.25) is 0 Å². The average molecular weight is 410 g/mol. The maximum atomic E-state index is 12.9. The Bertz CT molecular complexity index is 1010. The summed E-state index contributed by atoms with van der Waals surface area (Å²) in [6.07, 6.45) is 1.02. The van der Waals surface area contributed by atoms with Crippen LogP contribution in [0.5, 0.6) is 0 Å². The minimum atomic E-state index is -3.69. The van der Waals surface area contributed by atoms with Gasteiger partial charge in [-0.05, 0) is 39.5 Å². The number of carbonyl (C=O) groups excluding carboxylic acids is 1. The second-order valence-corrected chi connectivity index (χ2v) is 9.06. The van der Waals surface area contributed by atoms with Crippen LogP contribution in [0.25, 0.3) is 11.0 Å². The molecule has 28 heavy (non-hydrogen) atoms. The molecule has 2 rings (SSSR count). The standard InChI is InChI=1S/C18H26N4O5S/c1-4-10-19-18(23)17-16(13-28(26,27)12-7-11-20(2)3)21(24)14-8-5-6-9-15(14)22(17)25/h5-6,8-9H,4,7,10-13H2,1-3H3,(H,19,23). The largest absolute Gasteiger partial charge is 0.805 e. The normalized spacial score (nSPS) is 11.9. The second kappa shape index (κ2) is 9.16. The molecule has 0 aliphatic rings. The zero-order valence-electron chi connectivity index (χ0n) is 16.3. The van der Waals surface area contributed by atoms with E-state index in [1.165, 1.54) is 12.1 Å². The van der Waals surface area contributed by atoms with E-state index in [4.69, 9.17) is 0 Å². The molecule has 1 aromatic heterocycles. The summed E-state index contributed by atoms with van der Waals surface area (Å²) < 4.78 is 25.8. The summed E-state index contributed by atoms with van der Waals surface area (Å²) in [5, 5.41) is 15.4. The van der Waals surface area contributed by atoms with Crippen LogP contribution in [0.3, 0.4) is 0 Å². The summed E-state index contributed by atoms with van der Waals surface area (Å²) in [5.74, 6) is -1.58. The molecule has 2 aromatic rings. The fourth-order valence-electron chi connectivity index (χ4n) is 2.84. The first kappa shape index (κ1) is 21.8. The fourth-order valence-corrected chi connectivity index (χ4v) is 4.22. The predicted molar refractivity (Wildman–Crippen MR) is 107 cm³/mol. The van der Waals surface area contributed by atoms with Crippen molar-refractivity contribution >= 4 is 26.8 Å². The van der Waals surface area contributed by atoms with Gasteiger partial charge >= 0.3 is 11.6 Å². The minimum absolute atomic E-state index is 0.00732. The summed E-state index contributed by atoms with van der Waals surface area (Å²) in [5.41, 5.74) is -0.804. The molecule has 0 atom stereocenters. The maximum absolute atomic E-state index is 12.9. The van der Waals surface area contributed by atoms with E-state index in [2.05, 4.69) is 5.32 Å². The van der Waals surface area contributed by atoms with Gasteiger partial charge < -0.3 is 20.2 Å². The lowest BCUT2D eigenvalue weighted by atomic mass is 10.2. The van der Waals surface area contributed by atoms with Gasteiger partial charge in [0.2, 0.25) is 0 Å². The number of rotatable bonds is 9. The number of hydrogen-bond acceptors (Lipinski definition) is 6. The summed E-state index contributed by atoms with van der Waals surface area (Å²) in [7, 11) is -0.0316. The van der Waals surface area contributed by atoms with Crippen molar-refractivity contribution in [2.24, 2.45) is 0 Å². The van der Waals surface area contributed by atoms with Crippen LogP contribution in [0.15, 0.2) is 24.3 Å². The molecule has 154 valence electrons. The number of sulfone groups is 1. The molecule has 10 heteroatoms. The molecular formula is C18H26N4O5S. The molecule has 0 bridgehead atoms. The number of fused-ring (bicyclic) bond motifs is 1. The van der Waals surface area contributed by atoms with Crippen molar-refractivity contribution in [3.05, 3.63) is 45.8 Å². The van der Waals surface area contributed by atoms with Crippen LogP contribution in [0, 0.1) is 10.1 Å². The highest BCUT2D eigenvalue weighted by Crippen LogP contribution is 2.17. The molecule has 0 unspecified atom stereocenters. The van der Waals surface area contributed by atoms with Crippen molar-refractivity contribution in [2.45, 2.75) is 25.5 Å². The Labute approximate surface area is 164 Å². The number of benzene rings is 1. The molecule has 0 aliphatic carbocycles. The fraction of sp³-hybridized carbons (Fsp3) is 0.500. The molecule has 0 radical (unpaired) electrons. The Morgan fingerprint density at radius 3 is 2.61 bits per heavy atom. The molecule has 1 N–H and O–H groups in total. The van der Waals surface area contributed by atoms with Crippen molar-refractivity contribution in [3.63, 3.8) is 0 Å². The summed E-state index contributed by atoms with van der Waals surface area (Å²) in [6, 6.07) is 5.99. The van der Waals surface area contributed by atoms with Crippen LogP contribution in [-0.2, 0) is 15.6 Å². The second-order valence-electron chi connectivity index (χ2n) is 6.88. The van der Waals surface area contributed by atoms with E-state index in [1.807, 2.05) is 25.9 Å². The molecular weight excluding hydrogens is 384 g/mol. The van der Waals surface area contributed by atoms with E-state index in [-0.39, 0.29) is 22.5 Å². The first-order valence-electron chi connectivity index (χ1n) is 9.08. The lowest BCUT2D eigenvalue weighted by molar-refractivity contribution is -0.468. The van der Waals surface area contributed by atoms with Gasteiger partial charge in [0, 0.05) is 17.5 Å². The highest BCUT2D eigenvalue weighted by atomic mass is 32.2. The molecule has 1 aromatic carbocycles. The molecule has 0 aliphatic heterocycles. The monoisotopic (exact) mass is 410 g/mol. The number of carbonyl (C=O) groups is 1. The van der Waals surface area contributed by atoms with Crippen LogP contribution in [0.1, 0.15) is 35.9 Å². The number of aromatic nitrogens is 2. The first-order valence-corrected chi connectivity index (χ1v) is 10.9. The number of hydrogen-bond donors (Lipinski definition) is 1. The van der Waals surface area contributed by atoms with Crippen LogP contribution in [-0.4, -0.2) is 56.9 Å². The Kier molecular flexibility index (Phi) is 7.14. The van der Waals surface area contributed by atoms with Crippen LogP contribution < -0.4 is 9.74 Å². The van der Waals surface area contributed by atoms with Crippen LogP contribution in [0.4, 0.5) is 0 Å². The zero-order chi connectivity index (χ0) is 20.9. The molecule has 9 nitrogen and oxygen atoms in total. The molecule has 0 fully saturated rings. The quantitative estimate of drug-likeness (QED) is 0.614. The zero-order valence-corrected chi connectivity index (χ0v) is 17.2. The number of para-hydroxylation sites is 2. The average Bonchev–Trinajstić information content (AvgIpc) is 2.63. The van der Waals surface area contributed by atoms with Crippen molar-refractivity contribution in [3.8, 4) is 0 Å². The SMILES string of the molecule is CCCNC(=O)c1c(CS(=O)(=O)CCCN(C)C)n([O-])c2ccccc2[n+]1=O. The maximum Gasteiger partial charge on any atom is 0.347 e. The Morgan fingerprint density at radius 2 is 1.96 bits per heavy atom. The van der Waals surface area contributed by atoms with Gasteiger partial charge in [-0.1, -0.05) is 19.1 Å². The van der Waals surface area contributed by atoms with E-state index in [9.17, 15) is 23.3 Å². The molecule has 0 spiro atoms. The van der Waals surface area contributed by atoms with Gasteiger partial charge in [-0.15, -0.1) is 0 Å². The van der Waals surface area contributed by atoms with E-state index < -0.39 is 27.2 Å². The van der Waals surface area contributed by atoms with E-state index in [0.717, 1.165) is 0 Å². The Hall–Kier alpha value is -2.46. The number of nitrogens with zero attached hydrogens (tertiary/aromatic N) is 3. The van der Waals surface area contributed by atoms with Gasteiger partial charge in [-0.2, -0.15) is 0 Å². The van der Waals surface area contributed by atoms with Crippen molar-refractivity contribution in [1.29, 1.82) is 0 Å². The molecule has 0 saturated carbocycles. The summed E-state index contributed by atoms with van der Waals surface area (Å²) in [4.78, 5) is 27.2. The minimum Gasteiger partial charge on any atom is -0.805 e. The molecule has 0 saturated heterocycles. The van der Waals surface area contributed by atoms with Gasteiger partial charge in [0.1, 0.15) is 11.2 Å². The van der Waals surface area contributed by atoms with Gasteiger partial charge in [-0.3, -0.25) is 4.79 Å². The Balaban J connectivity index is 2.54. The van der Waals surface area contributed by atoms with Gasteiger partial charge in [-0.25, -0.2) is 8.42 Å². The van der Waals surface area contributed by atoms with E-state index in [1.54, 1.807) is 12.1 Å². The number of nitrogens with one attached hydrogen (secondary N) is 1. The lowest BCUT2D eigenvalue weighted by Crippen LogP contribution is -2.38. The van der Waals surface area contributed by atoms with Gasteiger partial charge in [0.05, 0.1) is 15.9 Å². The van der Waals surface area contributed by atoms with Crippen molar-refractivity contribution in [1.82, 2.24) is 14.9 Å².